The van der Waals surface area contributed by atoms with E-state index in [0.29, 0.717) is 18.0 Å². The number of hydrogen-bond donors (Lipinski definition) is 2. The van der Waals surface area contributed by atoms with Crippen LogP contribution in [0.5, 0.6) is 0 Å². The van der Waals surface area contributed by atoms with E-state index < -0.39 is 6.09 Å². The number of ether oxygens (including phenoxy) is 1. The molecule has 0 saturated carbocycles. The van der Waals surface area contributed by atoms with Crippen molar-refractivity contribution >= 4 is 23.3 Å². The maximum atomic E-state index is 12.1. The van der Waals surface area contributed by atoms with Gasteiger partial charge in [-0.1, -0.05) is 17.6 Å². The molecule has 0 bridgehead atoms. The van der Waals surface area contributed by atoms with Gasteiger partial charge in [0.2, 0.25) is 0 Å². The predicted molar refractivity (Wildman–Crippen MR) is 111 cm³/mol. The summed E-state index contributed by atoms with van der Waals surface area (Å²) in [6.45, 7) is 3.30. The fraction of sp³-hybridized carbons (Fsp3) is 0.500. The summed E-state index contributed by atoms with van der Waals surface area (Å²) in [6.07, 6.45) is 2.67. The molecule has 2 aromatic heterocycles. The second kappa shape index (κ2) is 11.3. The van der Waals surface area contributed by atoms with Crippen LogP contribution < -0.4 is 10.6 Å². The van der Waals surface area contributed by atoms with Crippen LogP contribution in [0.2, 0.25) is 0 Å². The van der Waals surface area contributed by atoms with Crippen molar-refractivity contribution in [1.82, 2.24) is 20.7 Å². The number of thiophene rings is 1. The van der Waals surface area contributed by atoms with E-state index in [1.807, 2.05) is 23.6 Å². The molecule has 2 N–H and O–H groups in total. The summed E-state index contributed by atoms with van der Waals surface area (Å²) in [6, 6.07) is 7.54. The first-order chi connectivity index (χ1) is 14.7. The first-order valence-electron chi connectivity index (χ1n) is 9.97. The third kappa shape index (κ3) is 6.57. The van der Waals surface area contributed by atoms with Crippen molar-refractivity contribution < 1.29 is 18.8 Å². The van der Waals surface area contributed by atoms with Gasteiger partial charge in [0.05, 0.1) is 23.4 Å². The Morgan fingerprint density at radius 1 is 1.37 bits per heavy atom. The maximum absolute atomic E-state index is 12.1. The van der Waals surface area contributed by atoms with Crippen LogP contribution in [0.1, 0.15) is 36.2 Å². The molecule has 2 aromatic rings. The number of carbonyl (C=O) groups excluding carboxylic acids is 2. The Balaban J connectivity index is 1.20. The highest BCUT2D eigenvalue weighted by Gasteiger charge is 2.27. The van der Waals surface area contributed by atoms with Crippen molar-refractivity contribution in [3.8, 4) is 16.7 Å². The summed E-state index contributed by atoms with van der Waals surface area (Å²) in [7, 11) is 0. The Morgan fingerprint density at radius 2 is 2.23 bits per heavy atom. The van der Waals surface area contributed by atoms with Gasteiger partial charge >= 0.3 is 6.09 Å². The summed E-state index contributed by atoms with van der Waals surface area (Å²) in [5.74, 6) is 0.382. The fourth-order valence-corrected chi connectivity index (χ4v) is 3.76. The van der Waals surface area contributed by atoms with Gasteiger partial charge in [0.15, 0.2) is 11.5 Å². The van der Waals surface area contributed by atoms with Crippen molar-refractivity contribution in [3.05, 3.63) is 29.3 Å². The van der Waals surface area contributed by atoms with E-state index in [2.05, 4.69) is 20.7 Å². The zero-order valence-electron chi connectivity index (χ0n) is 16.6. The Labute approximate surface area is 179 Å². The molecule has 1 aliphatic heterocycles. The highest BCUT2D eigenvalue weighted by Crippen LogP contribution is 2.25. The number of alkyl carbamates (subject to hydrolysis) is 1. The normalized spacial score (nSPS) is 14.0. The van der Waals surface area contributed by atoms with E-state index in [1.165, 1.54) is 11.3 Å². The number of nitriles is 1. The minimum Gasteiger partial charge on any atom is -0.448 e. The lowest BCUT2D eigenvalue weighted by molar-refractivity contribution is 0.0939. The molecule has 1 fully saturated rings. The summed E-state index contributed by atoms with van der Waals surface area (Å²) in [5, 5.41) is 19.8. The van der Waals surface area contributed by atoms with Crippen LogP contribution in [-0.4, -0.2) is 60.9 Å². The molecule has 160 valence electrons. The summed E-state index contributed by atoms with van der Waals surface area (Å²) < 4.78 is 10.1. The van der Waals surface area contributed by atoms with Gasteiger partial charge in [0, 0.05) is 25.7 Å². The fourth-order valence-electron chi connectivity index (χ4n) is 3.09. The molecule has 30 heavy (non-hydrogen) atoms. The van der Waals surface area contributed by atoms with E-state index in [0.717, 1.165) is 43.8 Å². The van der Waals surface area contributed by atoms with E-state index in [-0.39, 0.29) is 25.0 Å². The third-order valence-corrected chi connectivity index (χ3v) is 5.55. The van der Waals surface area contributed by atoms with Gasteiger partial charge in [-0.05, 0) is 30.8 Å². The van der Waals surface area contributed by atoms with Crippen LogP contribution in [0.3, 0.4) is 0 Å². The van der Waals surface area contributed by atoms with Gasteiger partial charge in [-0.3, -0.25) is 9.69 Å². The molecule has 0 spiro atoms. The highest BCUT2D eigenvalue weighted by atomic mass is 32.1. The number of unbranched alkanes of at least 4 members (excludes halogenated alkanes) is 2. The van der Waals surface area contributed by atoms with Crippen LogP contribution in [0, 0.1) is 11.3 Å². The minimum atomic E-state index is -0.458. The Morgan fingerprint density at radius 3 is 3.00 bits per heavy atom. The molecule has 3 heterocycles. The molecule has 1 saturated heterocycles. The second-order valence-electron chi connectivity index (χ2n) is 7.02. The standard InChI is InChI=1S/C20H25N5O4S/c21-7-5-10-28-20(27)23-15-13-25(14-15)9-3-1-2-8-22-19(26)16-12-17(29-24-16)18-6-4-11-30-18/h4,6,11-12,15H,1-3,5,8-10,13-14H2,(H,22,26)(H,23,27). The average molecular weight is 432 g/mol. The van der Waals surface area contributed by atoms with Gasteiger partial charge in [0.25, 0.3) is 5.91 Å². The quantitative estimate of drug-likeness (QED) is 0.525. The van der Waals surface area contributed by atoms with Crippen LogP contribution in [0.25, 0.3) is 10.6 Å². The van der Waals surface area contributed by atoms with Crippen molar-refractivity contribution in [2.24, 2.45) is 0 Å². The topological polar surface area (TPSA) is 120 Å². The van der Waals surface area contributed by atoms with Crippen molar-refractivity contribution in [3.63, 3.8) is 0 Å². The van der Waals surface area contributed by atoms with E-state index >= 15 is 0 Å². The lowest BCUT2D eigenvalue weighted by atomic mass is 10.1. The zero-order valence-corrected chi connectivity index (χ0v) is 17.5. The molecule has 0 aliphatic carbocycles. The van der Waals surface area contributed by atoms with Crippen molar-refractivity contribution in [2.75, 3.05) is 32.8 Å². The van der Waals surface area contributed by atoms with Crippen molar-refractivity contribution in [1.29, 1.82) is 5.26 Å². The van der Waals surface area contributed by atoms with Gasteiger partial charge in [-0.2, -0.15) is 5.26 Å². The maximum Gasteiger partial charge on any atom is 0.407 e. The second-order valence-corrected chi connectivity index (χ2v) is 7.96. The Kier molecular flexibility index (Phi) is 8.23. The highest BCUT2D eigenvalue weighted by molar-refractivity contribution is 7.13. The molecule has 0 unspecified atom stereocenters. The molecular formula is C20H25N5O4S. The van der Waals surface area contributed by atoms with E-state index in [1.54, 1.807) is 6.07 Å². The molecule has 10 heteroatoms. The summed E-state index contributed by atoms with van der Waals surface area (Å²) in [4.78, 5) is 26.8. The molecule has 9 nitrogen and oxygen atoms in total. The van der Waals surface area contributed by atoms with Crippen LogP contribution >= 0.6 is 11.3 Å². The zero-order chi connectivity index (χ0) is 21.2. The molecule has 0 radical (unpaired) electrons. The number of nitrogens with zero attached hydrogens (tertiary/aromatic N) is 3. The Bertz CT molecular complexity index is 855. The molecule has 0 atom stereocenters. The third-order valence-electron chi connectivity index (χ3n) is 4.67. The molecule has 2 amide bonds. The SMILES string of the molecule is N#CCCOC(=O)NC1CN(CCCCCNC(=O)c2cc(-c3cccs3)on2)C1. The predicted octanol–water partition coefficient (Wildman–Crippen LogP) is 2.63. The van der Waals surface area contributed by atoms with Gasteiger partial charge < -0.3 is 19.9 Å². The minimum absolute atomic E-state index is 0.111. The molecule has 3 rings (SSSR count). The number of nitrogens with one attached hydrogen (secondary N) is 2. The number of amides is 2. The first kappa shape index (κ1) is 21.8. The van der Waals surface area contributed by atoms with Gasteiger partial charge in [0.1, 0.15) is 6.61 Å². The van der Waals surface area contributed by atoms with Crippen LogP contribution in [0.15, 0.2) is 28.1 Å². The molecule has 1 aliphatic rings. The molecule has 0 aromatic carbocycles. The largest absolute Gasteiger partial charge is 0.448 e. The number of rotatable bonds is 11. The van der Waals surface area contributed by atoms with Crippen LogP contribution in [0.4, 0.5) is 4.79 Å². The summed E-state index contributed by atoms with van der Waals surface area (Å²) in [5.41, 5.74) is 0.295. The average Bonchev–Trinajstić information content (AvgIpc) is 3.40. The number of likely N-dealkylation sites (tertiary alicyclic amines) is 1. The van der Waals surface area contributed by atoms with E-state index in [4.69, 9.17) is 14.5 Å². The number of hydrogen-bond acceptors (Lipinski definition) is 8. The van der Waals surface area contributed by atoms with Crippen molar-refractivity contribution in [2.45, 2.75) is 31.7 Å². The lowest BCUT2D eigenvalue weighted by Crippen LogP contribution is -2.59. The first-order valence-corrected chi connectivity index (χ1v) is 10.8. The monoisotopic (exact) mass is 431 g/mol. The lowest BCUT2D eigenvalue weighted by Gasteiger charge is -2.39. The molecular weight excluding hydrogens is 406 g/mol. The number of aromatic nitrogens is 1. The van der Waals surface area contributed by atoms with Crippen LogP contribution in [-0.2, 0) is 4.74 Å². The van der Waals surface area contributed by atoms with E-state index in [9.17, 15) is 9.59 Å². The Hall–Kier alpha value is -2.90. The van der Waals surface area contributed by atoms with Gasteiger partial charge in [-0.25, -0.2) is 4.79 Å². The summed E-state index contributed by atoms with van der Waals surface area (Å²) >= 11 is 1.54. The van der Waals surface area contributed by atoms with Gasteiger partial charge in [-0.15, -0.1) is 11.3 Å². The number of carbonyl (C=O) groups is 2. The smallest absolute Gasteiger partial charge is 0.407 e.